The minimum absolute atomic E-state index is 0.760. The molecule has 0 heterocycles. The lowest BCUT2D eigenvalue weighted by molar-refractivity contribution is 0.377. The molecule has 1 aliphatic carbocycles. The van der Waals surface area contributed by atoms with E-state index in [0.29, 0.717) is 0 Å². The van der Waals surface area contributed by atoms with Crippen LogP contribution in [0.1, 0.15) is 104 Å². The Kier molecular flexibility index (Phi) is 11.4. The Hall–Kier alpha value is -0.0400. The molecule has 1 saturated carbocycles. The predicted octanol–water partition coefficient (Wildman–Crippen LogP) is 6.08. The molecular formula is C19H39N. The van der Waals surface area contributed by atoms with Crippen LogP contribution in [0.3, 0.4) is 0 Å². The maximum atomic E-state index is 3.75. The summed E-state index contributed by atoms with van der Waals surface area (Å²) in [6.45, 7) is 5.93. The summed E-state index contributed by atoms with van der Waals surface area (Å²) in [6, 6.07) is 0.760. The largest absolute Gasteiger partial charge is 0.314 e. The Bertz CT molecular complexity index is 196. The van der Waals surface area contributed by atoms with Gasteiger partial charge in [0.15, 0.2) is 0 Å². The van der Waals surface area contributed by atoms with Gasteiger partial charge in [0.2, 0.25) is 0 Å². The first-order valence-corrected chi connectivity index (χ1v) is 9.58. The third-order valence-corrected chi connectivity index (χ3v) is 5.10. The highest BCUT2D eigenvalue weighted by molar-refractivity contribution is 4.76. The van der Waals surface area contributed by atoms with Gasteiger partial charge in [0, 0.05) is 6.04 Å². The smallest absolute Gasteiger partial charge is 0.00669 e. The number of hydrogen-bond donors (Lipinski definition) is 1. The van der Waals surface area contributed by atoms with Crippen molar-refractivity contribution in [3.63, 3.8) is 0 Å². The fourth-order valence-corrected chi connectivity index (χ4v) is 3.57. The standard InChI is InChI=1S/C19H39N/c1-3-4-5-6-7-8-9-10-11-14-17-20-18(2)19-15-12-13-16-19/h18-20H,3-17H2,1-2H3/t18-/m1/s1. The van der Waals surface area contributed by atoms with Gasteiger partial charge in [-0.1, -0.05) is 77.6 Å². The fraction of sp³-hybridized carbons (Fsp3) is 1.00. The molecule has 0 aromatic rings. The predicted molar refractivity (Wildman–Crippen MR) is 91.3 cm³/mol. The molecule has 1 atom stereocenters. The van der Waals surface area contributed by atoms with Crippen LogP contribution < -0.4 is 5.32 Å². The van der Waals surface area contributed by atoms with Crippen molar-refractivity contribution in [1.82, 2.24) is 5.32 Å². The number of nitrogens with one attached hydrogen (secondary N) is 1. The molecule has 1 heteroatoms. The normalized spacial score (nSPS) is 17.7. The van der Waals surface area contributed by atoms with Crippen molar-refractivity contribution < 1.29 is 0 Å². The van der Waals surface area contributed by atoms with Crippen molar-refractivity contribution in [3.8, 4) is 0 Å². The van der Waals surface area contributed by atoms with Gasteiger partial charge < -0.3 is 5.32 Å². The van der Waals surface area contributed by atoms with Crippen LogP contribution >= 0.6 is 0 Å². The molecule has 0 radical (unpaired) electrons. The molecule has 1 aliphatic rings. The summed E-state index contributed by atoms with van der Waals surface area (Å²) in [5, 5.41) is 3.75. The molecule has 0 bridgehead atoms. The van der Waals surface area contributed by atoms with Gasteiger partial charge in [0.25, 0.3) is 0 Å². The van der Waals surface area contributed by atoms with E-state index in [4.69, 9.17) is 0 Å². The van der Waals surface area contributed by atoms with Crippen LogP contribution in [0.2, 0.25) is 0 Å². The van der Waals surface area contributed by atoms with Gasteiger partial charge in [0.05, 0.1) is 0 Å². The number of hydrogen-bond acceptors (Lipinski definition) is 1. The van der Waals surface area contributed by atoms with Crippen LogP contribution in [0, 0.1) is 5.92 Å². The summed E-state index contributed by atoms with van der Waals surface area (Å²) < 4.78 is 0. The second-order valence-electron chi connectivity index (χ2n) is 6.97. The van der Waals surface area contributed by atoms with Gasteiger partial charge >= 0.3 is 0 Å². The molecule has 1 nitrogen and oxygen atoms in total. The summed E-state index contributed by atoms with van der Waals surface area (Å²) in [4.78, 5) is 0. The van der Waals surface area contributed by atoms with E-state index in [2.05, 4.69) is 19.2 Å². The molecule has 120 valence electrons. The second-order valence-corrected chi connectivity index (χ2v) is 6.97. The van der Waals surface area contributed by atoms with Crippen LogP contribution in [0.25, 0.3) is 0 Å². The molecule has 0 saturated heterocycles. The quantitative estimate of drug-likeness (QED) is 0.404. The molecule has 1 rings (SSSR count). The molecule has 0 aromatic heterocycles. The van der Waals surface area contributed by atoms with Gasteiger partial charge in [-0.15, -0.1) is 0 Å². The average Bonchev–Trinajstić information content (AvgIpc) is 2.99. The Morgan fingerprint density at radius 2 is 1.30 bits per heavy atom. The topological polar surface area (TPSA) is 12.0 Å². The van der Waals surface area contributed by atoms with Gasteiger partial charge in [-0.25, -0.2) is 0 Å². The van der Waals surface area contributed by atoms with Crippen molar-refractivity contribution in [2.45, 2.75) is 110 Å². The van der Waals surface area contributed by atoms with Crippen LogP contribution in [-0.2, 0) is 0 Å². The Morgan fingerprint density at radius 1 is 0.800 bits per heavy atom. The molecule has 0 aromatic carbocycles. The van der Waals surface area contributed by atoms with E-state index in [0.717, 1.165) is 12.0 Å². The van der Waals surface area contributed by atoms with Crippen LogP contribution in [-0.4, -0.2) is 12.6 Å². The third kappa shape index (κ3) is 9.00. The minimum atomic E-state index is 0.760. The number of rotatable bonds is 13. The average molecular weight is 282 g/mol. The van der Waals surface area contributed by atoms with Gasteiger partial charge in [-0.2, -0.15) is 0 Å². The molecule has 20 heavy (non-hydrogen) atoms. The molecule has 0 unspecified atom stereocenters. The highest BCUT2D eigenvalue weighted by atomic mass is 14.9. The van der Waals surface area contributed by atoms with Crippen molar-refractivity contribution >= 4 is 0 Å². The molecule has 1 N–H and O–H groups in total. The van der Waals surface area contributed by atoms with E-state index in [1.807, 2.05) is 0 Å². The van der Waals surface area contributed by atoms with E-state index in [9.17, 15) is 0 Å². The van der Waals surface area contributed by atoms with Crippen LogP contribution in [0.4, 0.5) is 0 Å². The third-order valence-electron chi connectivity index (χ3n) is 5.10. The van der Waals surface area contributed by atoms with E-state index < -0.39 is 0 Å². The summed E-state index contributed by atoms with van der Waals surface area (Å²) in [6.07, 6.45) is 20.3. The summed E-state index contributed by atoms with van der Waals surface area (Å²) in [7, 11) is 0. The van der Waals surface area contributed by atoms with Crippen molar-refractivity contribution in [2.75, 3.05) is 6.54 Å². The van der Waals surface area contributed by atoms with E-state index in [-0.39, 0.29) is 0 Å². The maximum absolute atomic E-state index is 3.75. The lowest BCUT2D eigenvalue weighted by Gasteiger charge is -2.20. The summed E-state index contributed by atoms with van der Waals surface area (Å²) in [5.41, 5.74) is 0. The molecule has 0 spiro atoms. The Labute approximate surface area is 128 Å². The molecule has 0 aliphatic heterocycles. The lowest BCUT2D eigenvalue weighted by Crippen LogP contribution is -2.32. The Morgan fingerprint density at radius 3 is 1.85 bits per heavy atom. The zero-order valence-electron chi connectivity index (χ0n) is 14.3. The first kappa shape index (κ1) is 18.0. The molecule has 0 amide bonds. The first-order valence-electron chi connectivity index (χ1n) is 9.58. The van der Waals surface area contributed by atoms with Crippen molar-refractivity contribution in [3.05, 3.63) is 0 Å². The second kappa shape index (κ2) is 12.7. The highest BCUT2D eigenvalue weighted by Crippen LogP contribution is 2.27. The lowest BCUT2D eigenvalue weighted by atomic mass is 9.99. The van der Waals surface area contributed by atoms with Gasteiger partial charge in [-0.3, -0.25) is 0 Å². The fourth-order valence-electron chi connectivity index (χ4n) is 3.57. The van der Waals surface area contributed by atoms with Crippen LogP contribution in [0.5, 0.6) is 0 Å². The SMILES string of the molecule is CCCCCCCCCCCCN[C@H](C)C1CCCC1. The van der Waals surface area contributed by atoms with Crippen LogP contribution in [0.15, 0.2) is 0 Å². The zero-order chi connectivity index (χ0) is 14.5. The van der Waals surface area contributed by atoms with E-state index in [1.54, 1.807) is 0 Å². The Balaban J connectivity index is 1.76. The first-order chi connectivity index (χ1) is 9.84. The highest BCUT2D eigenvalue weighted by Gasteiger charge is 2.20. The van der Waals surface area contributed by atoms with Gasteiger partial charge in [0.1, 0.15) is 0 Å². The van der Waals surface area contributed by atoms with E-state index in [1.165, 1.54) is 96.4 Å². The van der Waals surface area contributed by atoms with Crippen molar-refractivity contribution in [1.29, 1.82) is 0 Å². The van der Waals surface area contributed by atoms with Gasteiger partial charge in [-0.05, 0) is 38.6 Å². The number of unbranched alkanes of at least 4 members (excludes halogenated alkanes) is 9. The minimum Gasteiger partial charge on any atom is -0.314 e. The molecule has 1 fully saturated rings. The van der Waals surface area contributed by atoms with E-state index >= 15 is 0 Å². The maximum Gasteiger partial charge on any atom is 0.00669 e. The summed E-state index contributed by atoms with van der Waals surface area (Å²) >= 11 is 0. The summed E-state index contributed by atoms with van der Waals surface area (Å²) in [5.74, 6) is 0.970. The van der Waals surface area contributed by atoms with Crippen molar-refractivity contribution in [2.24, 2.45) is 5.92 Å². The monoisotopic (exact) mass is 281 g/mol. The zero-order valence-corrected chi connectivity index (χ0v) is 14.3. The molecular weight excluding hydrogens is 242 g/mol.